The molecule has 2 amide bonds. The van der Waals surface area contributed by atoms with E-state index in [1.54, 1.807) is 14.2 Å². The Bertz CT molecular complexity index is 1480. The van der Waals surface area contributed by atoms with E-state index in [9.17, 15) is 9.59 Å². The van der Waals surface area contributed by atoms with Gasteiger partial charge in [0.25, 0.3) is 11.8 Å². The van der Waals surface area contributed by atoms with Crippen LogP contribution in [0.4, 0.5) is 0 Å². The molecule has 0 aliphatic carbocycles. The number of aryl methyl sites for hydroxylation is 1. The molecule has 0 spiro atoms. The largest absolute Gasteiger partial charge is 0.497 e. The lowest BCUT2D eigenvalue weighted by Crippen LogP contribution is -2.50. The van der Waals surface area contributed by atoms with E-state index in [-0.39, 0.29) is 11.8 Å². The summed E-state index contributed by atoms with van der Waals surface area (Å²) in [5, 5.41) is 0. The summed E-state index contributed by atoms with van der Waals surface area (Å²) < 4.78 is 12.9. The number of ether oxygens (including phenoxy) is 2. The van der Waals surface area contributed by atoms with Gasteiger partial charge in [0.2, 0.25) is 0 Å². The molecule has 1 aliphatic rings. The van der Waals surface area contributed by atoms with E-state index in [1.807, 2.05) is 103 Å². The second kappa shape index (κ2) is 11.1. The first kappa shape index (κ1) is 26.1. The molecule has 39 heavy (non-hydrogen) atoms. The van der Waals surface area contributed by atoms with Gasteiger partial charge in [-0.2, -0.15) is 0 Å². The molecule has 0 bridgehead atoms. The highest BCUT2D eigenvalue weighted by molar-refractivity contribution is 5.98. The minimum Gasteiger partial charge on any atom is -0.497 e. The van der Waals surface area contributed by atoms with Crippen molar-refractivity contribution in [3.05, 3.63) is 101 Å². The fourth-order valence-corrected chi connectivity index (χ4v) is 5.04. The summed E-state index contributed by atoms with van der Waals surface area (Å²) in [4.78, 5) is 30.5. The van der Waals surface area contributed by atoms with E-state index in [2.05, 4.69) is 4.57 Å². The zero-order chi connectivity index (χ0) is 27.5. The highest BCUT2D eigenvalue weighted by atomic mass is 16.5. The van der Waals surface area contributed by atoms with Crippen molar-refractivity contribution in [2.75, 3.05) is 40.4 Å². The summed E-state index contributed by atoms with van der Waals surface area (Å²) in [5.74, 6) is 1.48. The van der Waals surface area contributed by atoms with Gasteiger partial charge in [0, 0.05) is 49.2 Å². The van der Waals surface area contributed by atoms with Crippen LogP contribution in [0.15, 0.2) is 78.9 Å². The number of benzene rings is 3. The standard InChI is InChI=1S/C32H33N3O4/c1-22-8-10-25(11-9-22)31(36)33-16-18-34(19-17-33)32(37)29-21-30(24-12-14-27(38-3)15-13-24)35(23(29)2)26-6-5-7-28(20-26)39-4/h5-15,20-21H,16-19H2,1-4H3. The van der Waals surface area contributed by atoms with Crippen LogP contribution in [-0.4, -0.2) is 66.6 Å². The summed E-state index contributed by atoms with van der Waals surface area (Å²) in [6.45, 7) is 5.94. The van der Waals surface area contributed by atoms with Crippen molar-refractivity contribution < 1.29 is 19.1 Å². The fraction of sp³-hybridized carbons (Fsp3) is 0.250. The Morgan fingerprint density at radius 2 is 1.31 bits per heavy atom. The van der Waals surface area contributed by atoms with Crippen LogP contribution >= 0.6 is 0 Å². The van der Waals surface area contributed by atoms with Gasteiger partial charge >= 0.3 is 0 Å². The number of carbonyl (C=O) groups is 2. The molecule has 0 atom stereocenters. The molecule has 200 valence electrons. The third kappa shape index (κ3) is 5.25. The van der Waals surface area contributed by atoms with Crippen LogP contribution in [0.5, 0.6) is 11.5 Å². The van der Waals surface area contributed by atoms with Crippen LogP contribution in [0.2, 0.25) is 0 Å². The maximum absolute atomic E-state index is 13.8. The normalized spacial score (nSPS) is 13.3. The lowest BCUT2D eigenvalue weighted by molar-refractivity contribution is 0.0535. The van der Waals surface area contributed by atoms with E-state index in [1.165, 1.54) is 0 Å². The molecular weight excluding hydrogens is 490 g/mol. The van der Waals surface area contributed by atoms with Crippen LogP contribution in [-0.2, 0) is 0 Å². The predicted molar refractivity (Wildman–Crippen MR) is 152 cm³/mol. The number of nitrogens with zero attached hydrogens (tertiary/aromatic N) is 3. The molecule has 0 radical (unpaired) electrons. The third-order valence-corrected chi connectivity index (χ3v) is 7.33. The number of piperazine rings is 1. The number of rotatable bonds is 6. The smallest absolute Gasteiger partial charge is 0.255 e. The molecule has 1 aromatic heterocycles. The van der Waals surface area contributed by atoms with Crippen LogP contribution < -0.4 is 9.47 Å². The summed E-state index contributed by atoms with van der Waals surface area (Å²) in [6.07, 6.45) is 0. The van der Waals surface area contributed by atoms with Gasteiger partial charge in [-0.05, 0) is 74.0 Å². The van der Waals surface area contributed by atoms with Crippen LogP contribution in [0.3, 0.4) is 0 Å². The highest BCUT2D eigenvalue weighted by Crippen LogP contribution is 2.32. The van der Waals surface area contributed by atoms with E-state index < -0.39 is 0 Å². The Morgan fingerprint density at radius 1 is 0.692 bits per heavy atom. The van der Waals surface area contributed by atoms with Gasteiger partial charge in [0.05, 0.1) is 25.5 Å². The molecule has 0 saturated carbocycles. The second-order valence-electron chi connectivity index (χ2n) is 9.74. The summed E-state index contributed by atoms with van der Waals surface area (Å²) >= 11 is 0. The monoisotopic (exact) mass is 523 g/mol. The number of amides is 2. The first-order valence-corrected chi connectivity index (χ1v) is 13.1. The van der Waals surface area contributed by atoms with Gasteiger partial charge in [0.1, 0.15) is 11.5 Å². The molecule has 1 fully saturated rings. The zero-order valence-electron chi connectivity index (χ0n) is 22.8. The number of methoxy groups -OCH3 is 2. The van der Waals surface area contributed by atoms with E-state index in [4.69, 9.17) is 9.47 Å². The fourth-order valence-electron chi connectivity index (χ4n) is 5.04. The Hall–Kier alpha value is -4.52. The van der Waals surface area contributed by atoms with Crippen LogP contribution in [0, 0.1) is 13.8 Å². The van der Waals surface area contributed by atoms with Crippen molar-refractivity contribution in [2.24, 2.45) is 0 Å². The van der Waals surface area contributed by atoms with Gasteiger partial charge in [-0.25, -0.2) is 0 Å². The lowest BCUT2D eigenvalue weighted by Gasteiger charge is -2.35. The zero-order valence-corrected chi connectivity index (χ0v) is 22.8. The average Bonchev–Trinajstić information content (AvgIpc) is 3.33. The Labute approximate surface area is 229 Å². The van der Waals surface area contributed by atoms with Crippen molar-refractivity contribution in [1.29, 1.82) is 0 Å². The summed E-state index contributed by atoms with van der Waals surface area (Å²) in [5.41, 5.74) is 6.06. The molecule has 1 aliphatic heterocycles. The number of hydrogen-bond donors (Lipinski definition) is 0. The lowest BCUT2D eigenvalue weighted by atomic mass is 10.1. The number of hydrogen-bond acceptors (Lipinski definition) is 4. The molecule has 7 nitrogen and oxygen atoms in total. The van der Waals surface area contributed by atoms with E-state index in [0.717, 1.165) is 39.7 Å². The average molecular weight is 524 g/mol. The van der Waals surface area contributed by atoms with Crippen molar-refractivity contribution in [2.45, 2.75) is 13.8 Å². The SMILES string of the molecule is COc1ccc(-c2cc(C(=O)N3CCN(C(=O)c4ccc(C)cc4)CC3)c(C)n2-c2cccc(OC)c2)cc1. The molecular formula is C32H33N3O4. The van der Waals surface area contributed by atoms with Crippen molar-refractivity contribution in [1.82, 2.24) is 14.4 Å². The topological polar surface area (TPSA) is 64.0 Å². The Balaban J connectivity index is 1.43. The predicted octanol–water partition coefficient (Wildman–Crippen LogP) is 5.38. The molecule has 0 unspecified atom stereocenters. The number of aromatic nitrogens is 1. The van der Waals surface area contributed by atoms with Gasteiger partial charge in [-0.1, -0.05) is 23.8 Å². The van der Waals surface area contributed by atoms with Crippen LogP contribution in [0.25, 0.3) is 16.9 Å². The summed E-state index contributed by atoms with van der Waals surface area (Å²) in [7, 11) is 3.28. The van der Waals surface area contributed by atoms with Crippen molar-refractivity contribution >= 4 is 11.8 Å². The third-order valence-electron chi connectivity index (χ3n) is 7.33. The first-order valence-electron chi connectivity index (χ1n) is 13.1. The minimum absolute atomic E-state index is 0.00393. The minimum atomic E-state index is -0.0358. The van der Waals surface area contributed by atoms with Crippen molar-refractivity contribution in [3.63, 3.8) is 0 Å². The van der Waals surface area contributed by atoms with E-state index in [0.29, 0.717) is 37.3 Å². The van der Waals surface area contributed by atoms with Crippen molar-refractivity contribution in [3.8, 4) is 28.4 Å². The molecule has 3 aromatic carbocycles. The van der Waals surface area contributed by atoms with Crippen LogP contribution in [0.1, 0.15) is 32.0 Å². The molecule has 5 rings (SSSR count). The Morgan fingerprint density at radius 3 is 1.92 bits per heavy atom. The molecule has 0 N–H and O–H groups in total. The molecule has 4 aromatic rings. The maximum atomic E-state index is 13.8. The van der Waals surface area contributed by atoms with Gasteiger partial charge < -0.3 is 23.8 Å². The van der Waals surface area contributed by atoms with Gasteiger partial charge in [0.15, 0.2) is 0 Å². The van der Waals surface area contributed by atoms with E-state index >= 15 is 0 Å². The molecule has 7 heteroatoms. The summed E-state index contributed by atoms with van der Waals surface area (Å²) in [6, 6.07) is 25.2. The van der Waals surface area contributed by atoms with Gasteiger partial charge in [-0.3, -0.25) is 9.59 Å². The quantitative estimate of drug-likeness (QED) is 0.341. The Kier molecular flexibility index (Phi) is 7.41. The molecule has 2 heterocycles. The first-order chi connectivity index (χ1) is 18.9. The number of carbonyl (C=O) groups excluding carboxylic acids is 2. The maximum Gasteiger partial charge on any atom is 0.255 e. The molecule has 1 saturated heterocycles. The highest BCUT2D eigenvalue weighted by Gasteiger charge is 2.28. The second-order valence-corrected chi connectivity index (χ2v) is 9.74. The van der Waals surface area contributed by atoms with Gasteiger partial charge in [-0.15, -0.1) is 0 Å².